The van der Waals surface area contributed by atoms with Crippen LogP contribution in [0.15, 0.2) is 95.8 Å². The highest BCUT2D eigenvalue weighted by Gasteiger charge is 2.30. The highest BCUT2D eigenvalue weighted by Crippen LogP contribution is 2.39. The third-order valence-corrected chi connectivity index (χ3v) is 9.66. The number of anilines is 1. The van der Waals surface area contributed by atoms with Gasteiger partial charge in [0.25, 0.3) is 5.91 Å². The number of nitrogens with zero attached hydrogens (tertiary/aromatic N) is 1. The van der Waals surface area contributed by atoms with E-state index in [0.717, 1.165) is 42.7 Å². The third-order valence-electron chi connectivity index (χ3n) is 9.41. The van der Waals surface area contributed by atoms with Crippen molar-refractivity contribution in [1.29, 1.82) is 0 Å². The van der Waals surface area contributed by atoms with Crippen LogP contribution in [-0.2, 0) is 21.8 Å². The van der Waals surface area contributed by atoms with Crippen LogP contribution in [0.3, 0.4) is 0 Å². The molecule has 5 rings (SSSR count). The average molecular weight is 720 g/mol. The lowest BCUT2D eigenvalue weighted by Crippen LogP contribution is -2.24. The van der Waals surface area contributed by atoms with Gasteiger partial charge in [-0.2, -0.15) is 13.2 Å². The predicted molar refractivity (Wildman–Crippen MR) is 196 cm³/mol. The number of halogens is 4. The first-order valence-electron chi connectivity index (χ1n) is 16.7. The molecule has 4 aromatic carbocycles. The van der Waals surface area contributed by atoms with Gasteiger partial charge in [-0.05, 0) is 96.0 Å². The van der Waals surface area contributed by atoms with E-state index in [2.05, 4.69) is 64.1 Å². The highest BCUT2D eigenvalue weighted by atomic mass is 35.5. The van der Waals surface area contributed by atoms with Crippen molar-refractivity contribution in [3.8, 4) is 34.2 Å². The Bertz CT molecular complexity index is 2050. The second-order valence-corrected chi connectivity index (χ2v) is 14.1. The number of aromatic amines is 1. The van der Waals surface area contributed by atoms with E-state index in [4.69, 9.17) is 21.1 Å². The molecule has 1 amide bonds. The number of alkyl halides is 3. The van der Waals surface area contributed by atoms with Crippen LogP contribution >= 0.6 is 11.6 Å². The smallest absolute Gasteiger partial charge is 0.416 e. The molecule has 51 heavy (non-hydrogen) atoms. The first-order valence-corrected chi connectivity index (χ1v) is 17.0. The van der Waals surface area contributed by atoms with Crippen LogP contribution in [0.5, 0.6) is 17.2 Å². The van der Waals surface area contributed by atoms with Gasteiger partial charge in [-0.1, -0.05) is 77.4 Å². The zero-order valence-corrected chi connectivity index (χ0v) is 30.1. The van der Waals surface area contributed by atoms with Crippen molar-refractivity contribution in [3.63, 3.8) is 0 Å². The van der Waals surface area contributed by atoms with Gasteiger partial charge >= 0.3 is 11.7 Å². The molecular formula is C40H41ClF3N3O4. The molecule has 0 bridgehead atoms. The Morgan fingerprint density at radius 2 is 1.43 bits per heavy atom. The van der Waals surface area contributed by atoms with Gasteiger partial charge in [-0.15, -0.1) is 0 Å². The number of ether oxygens (including phenoxy) is 2. The number of aromatic nitrogens is 2. The summed E-state index contributed by atoms with van der Waals surface area (Å²) in [7, 11) is 0. The van der Waals surface area contributed by atoms with E-state index >= 15 is 0 Å². The van der Waals surface area contributed by atoms with Crippen LogP contribution < -0.4 is 20.3 Å². The Kier molecular flexibility index (Phi) is 10.8. The first kappa shape index (κ1) is 37.3. The lowest BCUT2D eigenvalue weighted by molar-refractivity contribution is -0.137. The molecule has 0 saturated carbocycles. The summed E-state index contributed by atoms with van der Waals surface area (Å²) in [4.78, 5) is 26.7. The van der Waals surface area contributed by atoms with E-state index in [1.54, 1.807) is 48.5 Å². The number of benzene rings is 4. The number of amides is 1. The fourth-order valence-corrected chi connectivity index (χ4v) is 5.50. The molecule has 7 nitrogen and oxygen atoms in total. The lowest BCUT2D eigenvalue weighted by atomic mass is 9.76. The van der Waals surface area contributed by atoms with E-state index in [1.807, 2.05) is 6.07 Å². The average Bonchev–Trinajstić information content (AvgIpc) is 3.42. The summed E-state index contributed by atoms with van der Waals surface area (Å²) in [5, 5.41) is 6.36. The standard InChI is InChI=1S/C40H41ClF3N3O4/c1-7-38(3,4)27-13-22-33(32(23-27)39(5,6)8-2)50-24-34(48)45-29-16-18-30(19-17-29)47-37(49)36(35(46-47)25-9-14-28(41)15-10-25)51-31-20-11-26(12-21-31)40(42,43)44/h9-23,46H,7-8,24H2,1-6H3,(H,45,48). The quantitative estimate of drug-likeness (QED) is 0.134. The summed E-state index contributed by atoms with van der Waals surface area (Å²) in [6.45, 7) is 12.9. The van der Waals surface area contributed by atoms with Crippen molar-refractivity contribution in [2.75, 3.05) is 11.9 Å². The Morgan fingerprint density at radius 1 is 0.824 bits per heavy atom. The summed E-state index contributed by atoms with van der Waals surface area (Å²) in [6, 6.07) is 23.5. The first-order chi connectivity index (χ1) is 24.0. The third kappa shape index (κ3) is 8.51. The summed E-state index contributed by atoms with van der Waals surface area (Å²) in [5.74, 6) is 0.242. The molecule has 0 atom stereocenters. The zero-order chi connectivity index (χ0) is 37.1. The minimum Gasteiger partial charge on any atom is -0.483 e. The molecule has 1 heterocycles. The van der Waals surface area contributed by atoms with Crippen LogP contribution in [0.4, 0.5) is 18.9 Å². The van der Waals surface area contributed by atoms with Gasteiger partial charge in [0.1, 0.15) is 17.2 Å². The van der Waals surface area contributed by atoms with Crippen LogP contribution in [-0.4, -0.2) is 22.3 Å². The second-order valence-electron chi connectivity index (χ2n) is 13.7. The van der Waals surface area contributed by atoms with Crippen LogP contribution in [0, 0.1) is 0 Å². The fraction of sp³-hybridized carbons (Fsp3) is 0.300. The molecule has 0 aliphatic heterocycles. The maximum atomic E-state index is 13.7. The molecule has 0 aliphatic rings. The van der Waals surface area contributed by atoms with Gasteiger partial charge in [0.05, 0.1) is 11.3 Å². The van der Waals surface area contributed by atoms with Crippen molar-refractivity contribution in [2.45, 2.75) is 71.4 Å². The molecule has 11 heteroatoms. The summed E-state index contributed by atoms with van der Waals surface area (Å²) < 4.78 is 52.5. The number of hydrogen-bond donors (Lipinski definition) is 2. The van der Waals surface area contributed by atoms with Gasteiger partial charge in [-0.3, -0.25) is 14.7 Å². The van der Waals surface area contributed by atoms with Gasteiger partial charge < -0.3 is 14.8 Å². The van der Waals surface area contributed by atoms with Crippen LogP contribution in [0.25, 0.3) is 16.9 Å². The number of carbonyl (C=O) groups is 1. The monoisotopic (exact) mass is 719 g/mol. The molecule has 0 unspecified atom stereocenters. The topological polar surface area (TPSA) is 85.3 Å². The van der Waals surface area contributed by atoms with Gasteiger partial charge in [0, 0.05) is 21.8 Å². The van der Waals surface area contributed by atoms with Crippen LogP contribution in [0.2, 0.25) is 5.02 Å². The minimum atomic E-state index is -4.51. The van der Waals surface area contributed by atoms with Gasteiger partial charge in [0.15, 0.2) is 6.61 Å². The van der Waals surface area contributed by atoms with Crippen molar-refractivity contribution < 1.29 is 27.4 Å². The number of nitrogens with one attached hydrogen (secondary N) is 2. The number of rotatable bonds is 12. The van der Waals surface area contributed by atoms with E-state index < -0.39 is 17.3 Å². The van der Waals surface area contributed by atoms with Crippen molar-refractivity contribution in [3.05, 3.63) is 123 Å². The molecule has 0 aliphatic carbocycles. The largest absolute Gasteiger partial charge is 0.483 e. The Balaban J connectivity index is 1.35. The minimum absolute atomic E-state index is 0.00395. The maximum absolute atomic E-state index is 13.7. The molecule has 0 spiro atoms. The van der Waals surface area contributed by atoms with Crippen LogP contribution in [0.1, 0.15) is 71.1 Å². The Morgan fingerprint density at radius 3 is 2.02 bits per heavy atom. The van der Waals surface area contributed by atoms with E-state index in [0.29, 0.717) is 33.4 Å². The normalized spacial score (nSPS) is 12.1. The summed E-state index contributed by atoms with van der Waals surface area (Å²) in [6.07, 6.45) is -2.63. The SMILES string of the molecule is CCC(C)(C)c1ccc(OCC(=O)Nc2ccc(-n3[nH]c(-c4ccc(Cl)cc4)c(Oc4ccc(C(F)(F)F)cc4)c3=O)cc2)c(C(C)(C)CC)c1. The molecule has 1 aromatic heterocycles. The predicted octanol–water partition coefficient (Wildman–Crippen LogP) is 10.7. The van der Waals surface area contributed by atoms with E-state index in [-0.39, 0.29) is 34.8 Å². The zero-order valence-electron chi connectivity index (χ0n) is 29.4. The van der Waals surface area contributed by atoms with Crippen molar-refractivity contribution >= 4 is 23.2 Å². The number of carbonyl (C=O) groups excluding carboxylic acids is 1. The molecule has 268 valence electrons. The molecule has 2 N–H and O–H groups in total. The van der Waals surface area contributed by atoms with Crippen molar-refractivity contribution in [1.82, 2.24) is 9.78 Å². The Hall–Kier alpha value is -4.96. The molecule has 0 fully saturated rings. The maximum Gasteiger partial charge on any atom is 0.416 e. The Labute approximate surface area is 300 Å². The summed E-state index contributed by atoms with van der Waals surface area (Å²) >= 11 is 6.07. The summed E-state index contributed by atoms with van der Waals surface area (Å²) in [5.41, 5.74) is 2.47. The molecule has 0 radical (unpaired) electrons. The number of H-pyrrole nitrogens is 1. The van der Waals surface area contributed by atoms with Crippen molar-refractivity contribution in [2.24, 2.45) is 0 Å². The van der Waals surface area contributed by atoms with Gasteiger partial charge in [-0.25, -0.2) is 4.68 Å². The molecular weight excluding hydrogens is 679 g/mol. The lowest BCUT2D eigenvalue weighted by Gasteiger charge is -2.30. The van der Waals surface area contributed by atoms with Gasteiger partial charge in [0.2, 0.25) is 5.75 Å². The second kappa shape index (κ2) is 14.7. The molecule has 5 aromatic rings. The highest BCUT2D eigenvalue weighted by molar-refractivity contribution is 6.30. The molecule has 0 saturated heterocycles. The fourth-order valence-electron chi connectivity index (χ4n) is 5.37. The van der Waals surface area contributed by atoms with E-state index in [9.17, 15) is 22.8 Å². The van der Waals surface area contributed by atoms with E-state index in [1.165, 1.54) is 10.2 Å². The number of hydrogen-bond acceptors (Lipinski definition) is 4.